The second-order valence-electron chi connectivity index (χ2n) is 6.33. The van der Waals surface area contributed by atoms with Gasteiger partial charge in [-0.15, -0.1) is 0 Å². The Balaban J connectivity index is 1.73. The van der Waals surface area contributed by atoms with Crippen molar-refractivity contribution in [3.63, 3.8) is 0 Å². The molecule has 108 valence electrons. The van der Waals surface area contributed by atoms with Crippen molar-refractivity contribution in [1.82, 2.24) is 0 Å². The molecule has 2 fully saturated rings. The van der Waals surface area contributed by atoms with Gasteiger partial charge in [-0.25, -0.2) is 0 Å². The van der Waals surface area contributed by atoms with Gasteiger partial charge in [-0.2, -0.15) is 0 Å². The van der Waals surface area contributed by atoms with Crippen LogP contribution in [0, 0.1) is 17.8 Å². The van der Waals surface area contributed by atoms with Gasteiger partial charge in [0.05, 0.1) is 5.92 Å². The zero-order valence-electron chi connectivity index (χ0n) is 12.1. The number of fused-ring (bicyclic) bond motifs is 2. The van der Waals surface area contributed by atoms with E-state index in [1.807, 2.05) is 18.2 Å². The third-order valence-corrected chi connectivity index (χ3v) is 5.08. The molecule has 2 bridgehead atoms. The number of hydrogen-bond donors (Lipinski definition) is 2. The highest BCUT2D eigenvalue weighted by Crippen LogP contribution is 2.47. The molecule has 4 unspecified atom stereocenters. The highest BCUT2D eigenvalue weighted by atomic mass is 16.2. The largest absolute Gasteiger partial charge is 0.327 e. The smallest absolute Gasteiger partial charge is 0.229 e. The molecule has 3 rings (SSSR count). The SMILES string of the molecule is CCCc1ccccc1NC(=O)C1C2CCC(C2)C1N. The summed E-state index contributed by atoms with van der Waals surface area (Å²) in [6, 6.07) is 8.17. The molecule has 0 aromatic heterocycles. The molecule has 3 heteroatoms. The lowest BCUT2D eigenvalue weighted by Crippen LogP contribution is -2.42. The van der Waals surface area contributed by atoms with Gasteiger partial charge >= 0.3 is 0 Å². The summed E-state index contributed by atoms with van der Waals surface area (Å²) in [5.41, 5.74) is 8.44. The number of benzene rings is 1. The lowest BCUT2D eigenvalue weighted by molar-refractivity contribution is -0.121. The highest BCUT2D eigenvalue weighted by Gasteiger charge is 2.49. The van der Waals surface area contributed by atoms with Crippen LogP contribution in [0.4, 0.5) is 5.69 Å². The van der Waals surface area contributed by atoms with E-state index in [0.717, 1.165) is 24.9 Å². The molecule has 0 aliphatic heterocycles. The monoisotopic (exact) mass is 272 g/mol. The summed E-state index contributed by atoms with van der Waals surface area (Å²) in [5.74, 6) is 1.23. The van der Waals surface area contributed by atoms with Crippen molar-refractivity contribution >= 4 is 11.6 Å². The van der Waals surface area contributed by atoms with Gasteiger partial charge in [0.25, 0.3) is 0 Å². The van der Waals surface area contributed by atoms with E-state index < -0.39 is 0 Å². The van der Waals surface area contributed by atoms with Crippen molar-refractivity contribution in [3.05, 3.63) is 29.8 Å². The van der Waals surface area contributed by atoms with Crippen LogP contribution in [-0.2, 0) is 11.2 Å². The van der Waals surface area contributed by atoms with Gasteiger partial charge < -0.3 is 11.1 Å². The molecule has 0 spiro atoms. The number of aryl methyl sites for hydroxylation is 1. The summed E-state index contributed by atoms with van der Waals surface area (Å²) in [5, 5.41) is 3.13. The molecular weight excluding hydrogens is 248 g/mol. The molecule has 3 nitrogen and oxygen atoms in total. The molecule has 0 radical (unpaired) electrons. The molecule has 20 heavy (non-hydrogen) atoms. The highest BCUT2D eigenvalue weighted by molar-refractivity contribution is 5.94. The predicted octanol–water partition coefficient (Wildman–Crippen LogP) is 2.95. The van der Waals surface area contributed by atoms with Crippen molar-refractivity contribution in [1.29, 1.82) is 0 Å². The van der Waals surface area contributed by atoms with Crippen LogP contribution in [0.5, 0.6) is 0 Å². The molecule has 3 N–H and O–H groups in total. The number of carbonyl (C=O) groups excluding carboxylic acids is 1. The third kappa shape index (κ3) is 2.35. The van der Waals surface area contributed by atoms with E-state index in [1.165, 1.54) is 18.4 Å². The zero-order chi connectivity index (χ0) is 14.1. The Kier molecular flexibility index (Phi) is 3.79. The number of amides is 1. The van der Waals surface area contributed by atoms with Crippen LogP contribution in [0.3, 0.4) is 0 Å². The number of rotatable bonds is 4. The predicted molar refractivity (Wildman–Crippen MR) is 81.4 cm³/mol. The van der Waals surface area contributed by atoms with E-state index in [9.17, 15) is 4.79 Å². The number of nitrogens with one attached hydrogen (secondary N) is 1. The first-order valence-electron chi connectivity index (χ1n) is 7.85. The summed E-state index contributed by atoms with van der Waals surface area (Å²) in [6.45, 7) is 2.16. The van der Waals surface area contributed by atoms with Crippen LogP contribution >= 0.6 is 0 Å². The molecule has 1 amide bonds. The molecule has 2 aliphatic carbocycles. The van der Waals surface area contributed by atoms with Crippen molar-refractivity contribution in [2.24, 2.45) is 23.5 Å². The third-order valence-electron chi connectivity index (χ3n) is 5.08. The molecule has 0 heterocycles. The average Bonchev–Trinajstić information content (AvgIpc) is 3.02. The van der Waals surface area contributed by atoms with E-state index in [4.69, 9.17) is 5.73 Å². The minimum absolute atomic E-state index is 0.0171. The van der Waals surface area contributed by atoms with E-state index in [-0.39, 0.29) is 17.9 Å². The molecule has 1 aromatic rings. The second kappa shape index (κ2) is 5.57. The zero-order valence-corrected chi connectivity index (χ0v) is 12.1. The van der Waals surface area contributed by atoms with Crippen LogP contribution in [0.1, 0.15) is 38.2 Å². The first-order chi connectivity index (χ1) is 9.70. The minimum atomic E-state index is 0.0171. The Labute approximate surface area is 120 Å². The molecular formula is C17H24N2O. The second-order valence-corrected chi connectivity index (χ2v) is 6.33. The Bertz CT molecular complexity index is 498. The Morgan fingerprint density at radius 1 is 1.30 bits per heavy atom. The maximum atomic E-state index is 12.6. The summed E-state index contributed by atoms with van der Waals surface area (Å²) in [4.78, 5) is 12.6. The standard InChI is InChI=1S/C17H24N2O/c1-2-5-11-6-3-4-7-14(11)19-17(20)15-12-8-9-13(10-12)16(15)18/h3-4,6-7,12-13,15-16H,2,5,8-10,18H2,1H3,(H,19,20). The van der Waals surface area contributed by atoms with Crippen molar-refractivity contribution in [2.45, 2.75) is 45.1 Å². The lowest BCUT2D eigenvalue weighted by atomic mass is 9.84. The number of para-hydroxylation sites is 1. The van der Waals surface area contributed by atoms with Crippen LogP contribution in [0.2, 0.25) is 0 Å². The van der Waals surface area contributed by atoms with Crippen molar-refractivity contribution in [3.8, 4) is 0 Å². The molecule has 2 aliphatic rings. The summed E-state index contributed by atoms with van der Waals surface area (Å²) < 4.78 is 0. The van der Waals surface area contributed by atoms with E-state index in [0.29, 0.717) is 11.8 Å². The van der Waals surface area contributed by atoms with Crippen molar-refractivity contribution < 1.29 is 4.79 Å². The molecule has 1 aromatic carbocycles. The van der Waals surface area contributed by atoms with Crippen LogP contribution in [0.15, 0.2) is 24.3 Å². The van der Waals surface area contributed by atoms with Gasteiger partial charge in [-0.3, -0.25) is 4.79 Å². The van der Waals surface area contributed by atoms with Gasteiger partial charge in [0, 0.05) is 11.7 Å². The van der Waals surface area contributed by atoms with E-state index in [2.05, 4.69) is 18.3 Å². The first kappa shape index (κ1) is 13.6. The first-order valence-corrected chi connectivity index (χ1v) is 7.85. The van der Waals surface area contributed by atoms with Crippen LogP contribution < -0.4 is 11.1 Å². The maximum absolute atomic E-state index is 12.6. The summed E-state index contributed by atoms with van der Waals surface area (Å²) in [7, 11) is 0. The van der Waals surface area contributed by atoms with Crippen LogP contribution in [-0.4, -0.2) is 11.9 Å². The van der Waals surface area contributed by atoms with Gasteiger partial charge in [0.15, 0.2) is 0 Å². The number of anilines is 1. The summed E-state index contributed by atoms with van der Waals surface area (Å²) >= 11 is 0. The van der Waals surface area contributed by atoms with Gasteiger partial charge in [-0.1, -0.05) is 31.5 Å². The topological polar surface area (TPSA) is 55.1 Å². The normalized spacial score (nSPS) is 31.5. The quantitative estimate of drug-likeness (QED) is 0.885. The van der Waals surface area contributed by atoms with Gasteiger partial charge in [-0.05, 0) is 49.1 Å². The van der Waals surface area contributed by atoms with Crippen molar-refractivity contribution in [2.75, 3.05) is 5.32 Å². The Morgan fingerprint density at radius 3 is 2.75 bits per heavy atom. The Hall–Kier alpha value is -1.35. The fraction of sp³-hybridized carbons (Fsp3) is 0.588. The fourth-order valence-corrected chi connectivity index (χ4v) is 4.07. The summed E-state index contributed by atoms with van der Waals surface area (Å²) in [6.07, 6.45) is 5.62. The lowest BCUT2D eigenvalue weighted by Gasteiger charge is -2.27. The van der Waals surface area contributed by atoms with E-state index >= 15 is 0 Å². The van der Waals surface area contributed by atoms with Gasteiger partial charge in [0.2, 0.25) is 5.91 Å². The Morgan fingerprint density at radius 2 is 2.05 bits per heavy atom. The van der Waals surface area contributed by atoms with E-state index in [1.54, 1.807) is 0 Å². The molecule has 4 atom stereocenters. The average molecular weight is 272 g/mol. The number of carbonyl (C=O) groups is 1. The number of hydrogen-bond acceptors (Lipinski definition) is 2. The number of nitrogens with two attached hydrogens (primary N) is 1. The molecule has 0 saturated heterocycles. The van der Waals surface area contributed by atoms with Gasteiger partial charge in [0.1, 0.15) is 0 Å². The maximum Gasteiger partial charge on any atom is 0.229 e. The fourth-order valence-electron chi connectivity index (χ4n) is 4.07. The van der Waals surface area contributed by atoms with Crippen LogP contribution in [0.25, 0.3) is 0 Å². The molecule has 2 saturated carbocycles. The minimum Gasteiger partial charge on any atom is -0.327 e.